The van der Waals surface area contributed by atoms with Crippen LogP contribution in [0.1, 0.15) is 18.9 Å². The van der Waals surface area contributed by atoms with Crippen molar-refractivity contribution in [1.29, 1.82) is 0 Å². The van der Waals surface area contributed by atoms with Gasteiger partial charge in [0, 0.05) is 24.2 Å². The topological polar surface area (TPSA) is 48.1 Å². The predicted octanol–water partition coefficient (Wildman–Crippen LogP) is 2.53. The van der Waals surface area contributed by atoms with Gasteiger partial charge in [-0.1, -0.05) is 25.1 Å². The number of nitrogens with two attached hydrogens (primary N) is 1. The molecule has 100 valence electrons. The highest BCUT2D eigenvalue weighted by Crippen LogP contribution is 2.25. The molecule has 0 saturated carbocycles. The van der Waals surface area contributed by atoms with Crippen molar-refractivity contribution < 1.29 is 4.74 Å². The average molecular weight is 256 g/mol. The molecule has 0 spiro atoms. The number of aromatic nitrogens is 1. The Labute approximate surface area is 113 Å². The van der Waals surface area contributed by atoms with E-state index in [1.54, 1.807) is 0 Å². The van der Waals surface area contributed by atoms with Crippen LogP contribution >= 0.6 is 0 Å². The van der Waals surface area contributed by atoms with E-state index in [9.17, 15) is 0 Å². The number of hydrogen-bond donors (Lipinski definition) is 1. The van der Waals surface area contributed by atoms with E-state index >= 15 is 0 Å². The third kappa shape index (κ3) is 2.48. The molecule has 1 aromatic heterocycles. The molecule has 1 aromatic carbocycles. The lowest BCUT2D eigenvalue weighted by Gasteiger charge is -2.22. The Morgan fingerprint density at radius 3 is 3.00 bits per heavy atom. The first-order chi connectivity index (χ1) is 9.25. The largest absolute Gasteiger partial charge is 0.376 e. The van der Waals surface area contributed by atoms with Crippen molar-refractivity contribution in [2.45, 2.75) is 31.9 Å². The van der Waals surface area contributed by atoms with Gasteiger partial charge in [0.1, 0.15) is 0 Å². The molecule has 3 unspecified atom stereocenters. The molecule has 0 bridgehead atoms. The number of ether oxygens (including phenoxy) is 1. The van der Waals surface area contributed by atoms with Gasteiger partial charge < -0.3 is 10.5 Å². The van der Waals surface area contributed by atoms with Gasteiger partial charge in [-0.2, -0.15) is 0 Å². The fraction of sp³-hybridized carbons (Fsp3) is 0.438. The van der Waals surface area contributed by atoms with E-state index < -0.39 is 0 Å². The van der Waals surface area contributed by atoms with Gasteiger partial charge in [0.15, 0.2) is 0 Å². The summed E-state index contributed by atoms with van der Waals surface area (Å²) < 4.78 is 5.77. The maximum Gasteiger partial charge on any atom is 0.0755 e. The lowest BCUT2D eigenvalue weighted by atomic mass is 9.92. The predicted molar refractivity (Wildman–Crippen MR) is 76.9 cm³/mol. The van der Waals surface area contributed by atoms with Gasteiger partial charge in [-0.25, -0.2) is 0 Å². The van der Waals surface area contributed by atoms with Crippen molar-refractivity contribution in [1.82, 2.24) is 4.98 Å². The normalized spacial score (nSPS) is 24.7. The van der Waals surface area contributed by atoms with Crippen molar-refractivity contribution in [2.75, 3.05) is 6.61 Å². The molecule has 2 N–H and O–H groups in total. The molecule has 0 radical (unpaired) electrons. The molecule has 0 amide bonds. The second-order valence-electron chi connectivity index (χ2n) is 5.46. The zero-order valence-corrected chi connectivity index (χ0v) is 11.3. The van der Waals surface area contributed by atoms with Crippen LogP contribution in [0.25, 0.3) is 10.9 Å². The summed E-state index contributed by atoms with van der Waals surface area (Å²) in [7, 11) is 0. The monoisotopic (exact) mass is 256 g/mol. The number of pyridine rings is 1. The summed E-state index contributed by atoms with van der Waals surface area (Å²) >= 11 is 0. The van der Waals surface area contributed by atoms with Crippen LogP contribution in [-0.2, 0) is 11.2 Å². The highest BCUT2D eigenvalue weighted by Gasteiger charge is 2.30. The third-order valence-electron chi connectivity index (χ3n) is 4.06. The summed E-state index contributed by atoms with van der Waals surface area (Å²) in [6, 6.07) is 10.3. The number of benzene rings is 1. The molecule has 1 aliphatic rings. The molecule has 3 atom stereocenters. The van der Waals surface area contributed by atoms with E-state index in [1.165, 1.54) is 10.9 Å². The standard InChI is InChI=1S/C16H20N2O/c1-11-7-9-19-16(11)14(17)10-12-6-8-18-15-5-3-2-4-13(12)15/h2-6,8,11,14,16H,7,9-10,17H2,1H3. The number of nitrogens with zero attached hydrogens (tertiary/aromatic N) is 1. The Morgan fingerprint density at radius 2 is 2.21 bits per heavy atom. The zero-order valence-electron chi connectivity index (χ0n) is 11.3. The first-order valence-electron chi connectivity index (χ1n) is 6.95. The molecule has 2 aromatic rings. The van der Waals surface area contributed by atoms with Crippen LogP contribution in [0.15, 0.2) is 36.5 Å². The van der Waals surface area contributed by atoms with E-state index in [-0.39, 0.29) is 12.1 Å². The van der Waals surface area contributed by atoms with Gasteiger partial charge in [0.25, 0.3) is 0 Å². The van der Waals surface area contributed by atoms with Crippen LogP contribution in [0, 0.1) is 5.92 Å². The molecular weight excluding hydrogens is 236 g/mol. The summed E-state index contributed by atoms with van der Waals surface area (Å²) in [4.78, 5) is 4.39. The quantitative estimate of drug-likeness (QED) is 0.918. The van der Waals surface area contributed by atoms with Gasteiger partial charge in [0.2, 0.25) is 0 Å². The van der Waals surface area contributed by atoms with Crippen LogP contribution in [-0.4, -0.2) is 23.7 Å². The zero-order chi connectivity index (χ0) is 13.2. The Kier molecular flexibility index (Phi) is 3.49. The van der Waals surface area contributed by atoms with Crippen molar-refractivity contribution >= 4 is 10.9 Å². The van der Waals surface area contributed by atoms with E-state index in [4.69, 9.17) is 10.5 Å². The van der Waals surface area contributed by atoms with Crippen LogP contribution in [0.3, 0.4) is 0 Å². The van der Waals surface area contributed by atoms with E-state index in [2.05, 4.69) is 24.0 Å². The Bertz CT molecular complexity index is 564. The summed E-state index contributed by atoms with van der Waals surface area (Å²) in [5.41, 5.74) is 8.65. The second kappa shape index (κ2) is 5.27. The first kappa shape index (κ1) is 12.6. The van der Waals surface area contributed by atoms with Crippen LogP contribution in [0.5, 0.6) is 0 Å². The molecule has 1 fully saturated rings. The minimum absolute atomic E-state index is 0.0586. The molecule has 1 aliphatic heterocycles. The third-order valence-corrected chi connectivity index (χ3v) is 4.06. The van der Waals surface area contributed by atoms with Gasteiger partial charge in [-0.15, -0.1) is 0 Å². The Morgan fingerprint density at radius 1 is 1.37 bits per heavy atom. The van der Waals surface area contributed by atoms with Crippen molar-refractivity contribution in [3.05, 3.63) is 42.1 Å². The number of hydrogen-bond acceptors (Lipinski definition) is 3. The van der Waals surface area contributed by atoms with E-state index in [1.807, 2.05) is 24.4 Å². The molecule has 3 heteroatoms. The van der Waals surface area contributed by atoms with Gasteiger partial charge in [0.05, 0.1) is 11.6 Å². The van der Waals surface area contributed by atoms with Crippen molar-refractivity contribution in [2.24, 2.45) is 11.7 Å². The second-order valence-corrected chi connectivity index (χ2v) is 5.46. The SMILES string of the molecule is CC1CCOC1C(N)Cc1ccnc2ccccc12. The number of rotatable bonds is 3. The first-order valence-corrected chi connectivity index (χ1v) is 6.95. The summed E-state index contributed by atoms with van der Waals surface area (Å²) in [6.07, 6.45) is 4.02. The molecule has 0 aliphatic carbocycles. The minimum Gasteiger partial charge on any atom is -0.376 e. The fourth-order valence-electron chi connectivity index (χ4n) is 2.97. The van der Waals surface area contributed by atoms with Gasteiger partial charge >= 0.3 is 0 Å². The van der Waals surface area contributed by atoms with Crippen molar-refractivity contribution in [3.8, 4) is 0 Å². The summed E-state index contributed by atoms with van der Waals surface area (Å²) in [6.45, 7) is 3.07. The summed E-state index contributed by atoms with van der Waals surface area (Å²) in [5, 5.41) is 1.20. The highest BCUT2D eigenvalue weighted by atomic mass is 16.5. The fourth-order valence-corrected chi connectivity index (χ4v) is 2.97. The smallest absolute Gasteiger partial charge is 0.0755 e. The molecule has 1 saturated heterocycles. The Balaban J connectivity index is 1.85. The van der Waals surface area contributed by atoms with Crippen molar-refractivity contribution in [3.63, 3.8) is 0 Å². The van der Waals surface area contributed by atoms with E-state index in [0.717, 1.165) is 25.0 Å². The molecule has 3 rings (SSSR count). The maximum absolute atomic E-state index is 6.35. The van der Waals surface area contributed by atoms with Crippen LogP contribution in [0.2, 0.25) is 0 Å². The number of fused-ring (bicyclic) bond motifs is 1. The molecular formula is C16H20N2O. The lowest BCUT2D eigenvalue weighted by Crippen LogP contribution is -2.39. The minimum atomic E-state index is 0.0586. The highest BCUT2D eigenvalue weighted by molar-refractivity contribution is 5.81. The van der Waals surface area contributed by atoms with Gasteiger partial charge in [-0.05, 0) is 36.5 Å². The van der Waals surface area contributed by atoms with E-state index in [0.29, 0.717) is 5.92 Å². The maximum atomic E-state index is 6.35. The van der Waals surface area contributed by atoms with Crippen LogP contribution in [0.4, 0.5) is 0 Å². The number of para-hydroxylation sites is 1. The average Bonchev–Trinajstić information content (AvgIpc) is 2.85. The lowest BCUT2D eigenvalue weighted by molar-refractivity contribution is 0.0727. The molecule has 3 nitrogen and oxygen atoms in total. The molecule has 19 heavy (non-hydrogen) atoms. The molecule has 2 heterocycles. The van der Waals surface area contributed by atoms with Crippen LogP contribution < -0.4 is 5.73 Å². The summed E-state index contributed by atoms with van der Waals surface area (Å²) in [5.74, 6) is 0.558. The van der Waals surface area contributed by atoms with Gasteiger partial charge in [-0.3, -0.25) is 4.98 Å². The Hall–Kier alpha value is -1.45.